The van der Waals surface area contributed by atoms with Gasteiger partial charge in [-0.2, -0.15) is 5.10 Å². The summed E-state index contributed by atoms with van der Waals surface area (Å²) in [5, 5.41) is 7.67. The average molecular weight is 289 g/mol. The lowest BCUT2D eigenvalue weighted by Gasteiger charge is -2.15. The van der Waals surface area contributed by atoms with E-state index < -0.39 is 0 Å². The maximum atomic E-state index is 5.43. The maximum absolute atomic E-state index is 5.43. The Bertz CT molecular complexity index is 598. The molecule has 1 aliphatic rings. The molecule has 1 aliphatic heterocycles. The van der Waals surface area contributed by atoms with E-state index in [1.54, 1.807) is 13.3 Å². The molecule has 0 aliphatic carbocycles. The van der Waals surface area contributed by atoms with Crippen LogP contribution in [0.2, 0.25) is 0 Å². The summed E-state index contributed by atoms with van der Waals surface area (Å²) in [6.45, 7) is 3.94. The number of nitrogens with one attached hydrogen (secondary N) is 1. The van der Waals surface area contributed by atoms with Gasteiger partial charge in [0.1, 0.15) is 0 Å². The van der Waals surface area contributed by atoms with Crippen molar-refractivity contribution in [2.24, 2.45) is 0 Å². The molecule has 0 spiro atoms. The Balaban J connectivity index is 1.62. The second kappa shape index (κ2) is 6.05. The second-order valence-electron chi connectivity index (χ2n) is 5.04. The van der Waals surface area contributed by atoms with Gasteiger partial charge in [-0.3, -0.25) is 4.68 Å². The number of benzene rings is 1. The fourth-order valence-corrected chi connectivity index (χ4v) is 2.33. The van der Waals surface area contributed by atoms with Crippen LogP contribution < -0.4 is 19.5 Å². The summed E-state index contributed by atoms with van der Waals surface area (Å²) in [5.74, 6) is 2.14. The first-order valence-electron chi connectivity index (χ1n) is 6.93. The molecule has 1 atom stereocenters. The fourth-order valence-electron chi connectivity index (χ4n) is 2.33. The molecule has 0 bridgehead atoms. The van der Waals surface area contributed by atoms with Crippen LogP contribution >= 0.6 is 0 Å². The van der Waals surface area contributed by atoms with Crippen molar-refractivity contribution >= 4 is 0 Å². The summed E-state index contributed by atoms with van der Waals surface area (Å²) in [6.07, 6.45) is 3.75. The Hall–Kier alpha value is -2.21. The maximum Gasteiger partial charge on any atom is 0.231 e. The molecule has 3 rings (SSSR count). The standard InChI is InChI=1S/C15H19N3O3/c1-11(9-18-5-3-4-17-18)16-8-12-6-13(19-2)15-14(7-12)20-10-21-15/h3-7,11,16H,8-10H2,1-2H3/t11-/m0/s1. The largest absolute Gasteiger partial charge is 0.493 e. The van der Waals surface area contributed by atoms with Crippen LogP contribution in [0.25, 0.3) is 0 Å². The first-order chi connectivity index (χ1) is 10.3. The van der Waals surface area contributed by atoms with E-state index in [9.17, 15) is 0 Å². The molecule has 0 radical (unpaired) electrons. The first kappa shape index (κ1) is 13.8. The van der Waals surface area contributed by atoms with E-state index in [0.717, 1.165) is 24.4 Å². The molecule has 21 heavy (non-hydrogen) atoms. The molecule has 2 aromatic rings. The van der Waals surface area contributed by atoms with Crippen LogP contribution in [0.3, 0.4) is 0 Å². The molecule has 0 fully saturated rings. The summed E-state index contributed by atoms with van der Waals surface area (Å²) in [4.78, 5) is 0. The quantitative estimate of drug-likeness (QED) is 0.878. The van der Waals surface area contributed by atoms with Crippen LogP contribution in [0.15, 0.2) is 30.6 Å². The molecule has 112 valence electrons. The topological polar surface area (TPSA) is 57.5 Å². The number of fused-ring (bicyclic) bond motifs is 1. The van der Waals surface area contributed by atoms with E-state index in [1.165, 1.54) is 0 Å². The van der Waals surface area contributed by atoms with Crippen LogP contribution in [0.1, 0.15) is 12.5 Å². The van der Waals surface area contributed by atoms with Crippen LogP contribution in [0, 0.1) is 0 Å². The third kappa shape index (κ3) is 3.11. The fraction of sp³-hybridized carbons (Fsp3) is 0.400. The van der Waals surface area contributed by atoms with Gasteiger partial charge in [-0.05, 0) is 30.7 Å². The molecule has 6 nitrogen and oxygen atoms in total. The van der Waals surface area contributed by atoms with Crippen molar-refractivity contribution in [1.29, 1.82) is 0 Å². The number of hydrogen-bond acceptors (Lipinski definition) is 5. The lowest BCUT2D eigenvalue weighted by atomic mass is 10.1. The van der Waals surface area contributed by atoms with Crippen LogP contribution in [0.5, 0.6) is 17.2 Å². The minimum Gasteiger partial charge on any atom is -0.493 e. The SMILES string of the molecule is COc1cc(CN[C@@H](C)Cn2cccn2)cc2c1OCO2. The Labute approximate surface area is 123 Å². The smallest absolute Gasteiger partial charge is 0.231 e. The minimum absolute atomic E-state index is 0.248. The monoisotopic (exact) mass is 289 g/mol. The molecule has 6 heteroatoms. The molecular weight excluding hydrogens is 270 g/mol. The summed E-state index contributed by atoms with van der Waals surface area (Å²) >= 11 is 0. The number of nitrogens with zero attached hydrogens (tertiary/aromatic N) is 2. The van der Waals surface area contributed by atoms with E-state index in [4.69, 9.17) is 14.2 Å². The normalized spacial score (nSPS) is 14.2. The van der Waals surface area contributed by atoms with Gasteiger partial charge >= 0.3 is 0 Å². The van der Waals surface area contributed by atoms with Crippen molar-refractivity contribution in [3.8, 4) is 17.2 Å². The zero-order valence-corrected chi connectivity index (χ0v) is 12.2. The first-order valence-corrected chi connectivity index (χ1v) is 6.93. The summed E-state index contributed by atoms with van der Waals surface area (Å²) in [6, 6.07) is 6.19. The van der Waals surface area contributed by atoms with Crippen LogP contribution in [-0.4, -0.2) is 29.7 Å². The number of hydrogen-bond donors (Lipinski definition) is 1. The Morgan fingerprint density at radius 1 is 1.43 bits per heavy atom. The lowest BCUT2D eigenvalue weighted by Crippen LogP contribution is -2.30. The average Bonchev–Trinajstić information content (AvgIpc) is 3.15. The van der Waals surface area contributed by atoms with Crippen molar-refractivity contribution in [2.45, 2.75) is 26.1 Å². The Morgan fingerprint density at radius 3 is 3.10 bits per heavy atom. The molecule has 0 saturated carbocycles. The van der Waals surface area contributed by atoms with E-state index in [0.29, 0.717) is 17.5 Å². The van der Waals surface area contributed by atoms with Crippen LogP contribution in [0.4, 0.5) is 0 Å². The Kier molecular flexibility index (Phi) is 3.96. The number of ether oxygens (including phenoxy) is 3. The molecule has 1 aromatic heterocycles. The van der Waals surface area contributed by atoms with Crippen molar-refractivity contribution in [2.75, 3.05) is 13.9 Å². The summed E-state index contributed by atoms with van der Waals surface area (Å²) in [7, 11) is 1.63. The predicted molar refractivity (Wildman–Crippen MR) is 77.6 cm³/mol. The zero-order valence-electron chi connectivity index (χ0n) is 12.2. The van der Waals surface area contributed by atoms with Gasteiger partial charge < -0.3 is 19.5 Å². The molecule has 0 unspecified atom stereocenters. The van der Waals surface area contributed by atoms with Crippen LogP contribution in [-0.2, 0) is 13.1 Å². The summed E-state index contributed by atoms with van der Waals surface area (Å²) in [5.41, 5.74) is 1.10. The van der Waals surface area contributed by atoms with Gasteiger partial charge in [-0.1, -0.05) is 0 Å². The third-order valence-corrected chi connectivity index (χ3v) is 3.39. The van der Waals surface area contributed by atoms with Gasteiger partial charge in [-0.15, -0.1) is 0 Å². The van der Waals surface area contributed by atoms with Gasteiger partial charge in [-0.25, -0.2) is 0 Å². The van der Waals surface area contributed by atoms with Crippen molar-refractivity contribution in [3.63, 3.8) is 0 Å². The molecule has 1 aromatic carbocycles. The highest BCUT2D eigenvalue weighted by molar-refractivity contribution is 5.55. The highest BCUT2D eigenvalue weighted by Gasteiger charge is 2.20. The van der Waals surface area contributed by atoms with E-state index in [2.05, 4.69) is 17.3 Å². The van der Waals surface area contributed by atoms with Crippen molar-refractivity contribution < 1.29 is 14.2 Å². The van der Waals surface area contributed by atoms with Gasteiger partial charge in [0.15, 0.2) is 11.5 Å². The van der Waals surface area contributed by atoms with Gasteiger partial charge in [0.05, 0.1) is 13.7 Å². The van der Waals surface area contributed by atoms with Crippen molar-refractivity contribution in [1.82, 2.24) is 15.1 Å². The van der Waals surface area contributed by atoms with E-state index in [-0.39, 0.29) is 6.79 Å². The van der Waals surface area contributed by atoms with E-state index in [1.807, 2.05) is 29.1 Å². The molecular formula is C15H19N3O3. The molecule has 0 amide bonds. The number of aromatic nitrogens is 2. The predicted octanol–water partition coefficient (Wildman–Crippen LogP) is 1.80. The Morgan fingerprint density at radius 2 is 2.33 bits per heavy atom. The minimum atomic E-state index is 0.248. The molecule has 2 heterocycles. The lowest BCUT2D eigenvalue weighted by molar-refractivity contribution is 0.171. The number of methoxy groups -OCH3 is 1. The summed E-state index contributed by atoms with van der Waals surface area (Å²) < 4.78 is 18.1. The third-order valence-electron chi connectivity index (χ3n) is 3.39. The zero-order chi connectivity index (χ0) is 14.7. The second-order valence-corrected chi connectivity index (χ2v) is 5.04. The van der Waals surface area contributed by atoms with Gasteiger partial charge in [0.25, 0.3) is 0 Å². The van der Waals surface area contributed by atoms with Gasteiger partial charge in [0.2, 0.25) is 12.5 Å². The highest BCUT2D eigenvalue weighted by Crippen LogP contribution is 2.41. The molecule has 0 saturated heterocycles. The van der Waals surface area contributed by atoms with E-state index >= 15 is 0 Å². The van der Waals surface area contributed by atoms with Crippen molar-refractivity contribution in [3.05, 3.63) is 36.2 Å². The van der Waals surface area contributed by atoms with Gasteiger partial charge in [0, 0.05) is 25.0 Å². The highest BCUT2D eigenvalue weighted by atomic mass is 16.7. The number of rotatable bonds is 6. The molecule has 1 N–H and O–H groups in total.